The van der Waals surface area contributed by atoms with Gasteiger partial charge in [0.1, 0.15) is 0 Å². The Kier molecular flexibility index (Phi) is 4.42. The maximum Gasteiger partial charge on any atom is 0.379 e. The van der Waals surface area contributed by atoms with Gasteiger partial charge in [0, 0.05) is 17.6 Å². The van der Waals surface area contributed by atoms with Crippen molar-refractivity contribution < 1.29 is 14.3 Å². The first-order valence-electron chi connectivity index (χ1n) is 7.71. The van der Waals surface area contributed by atoms with Crippen LogP contribution in [-0.4, -0.2) is 37.6 Å². The summed E-state index contributed by atoms with van der Waals surface area (Å²) in [5.74, 6) is -1.06. The molecule has 8 nitrogen and oxygen atoms in total. The van der Waals surface area contributed by atoms with Crippen LogP contribution in [0, 0.1) is 13.8 Å². The van der Waals surface area contributed by atoms with Gasteiger partial charge in [0.15, 0.2) is 6.10 Å². The lowest BCUT2D eigenvalue weighted by Crippen LogP contribution is -2.30. The third-order valence-corrected chi connectivity index (χ3v) is 3.67. The minimum Gasteiger partial charge on any atom is -0.447 e. The summed E-state index contributed by atoms with van der Waals surface area (Å²) in [6.45, 7) is 5.18. The molecule has 0 saturated carbocycles. The Hall–Kier alpha value is -3.29. The smallest absolute Gasteiger partial charge is 0.379 e. The second-order valence-electron chi connectivity index (χ2n) is 5.59. The van der Waals surface area contributed by atoms with Crippen LogP contribution in [0.25, 0.3) is 5.78 Å². The molecule has 2 aromatic heterocycles. The fourth-order valence-electron chi connectivity index (χ4n) is 2.21. The second-order valence-corrected chi connectivity index (χ2v) is 5.59. The van der Waals surface area contributed by atoms with Crippen molar-refractivity contribution >= 4 is 23.3 Å². The van der Waals surface area contributed by atoms with Crippen LogP contribution in [0.5, 0.6) is 0 Å². The number of nitrogens with one attached hydrogen (secondary N) is 1. The number of benzene rings is 1. The lowest BCUT2D eigenvalue weighted by Gasteiger charge is -2.13. The molecule has 0 spiro atoms. The number of rotatable bonds is 4. The lowest BCUT2D eigenvalue weighted by atomic mass is 10.2. The first-order chi connectivity index (χ1) is 12.0. The number of anilines is 1. The van der Waals surface area contributed by atoms with E-state index in [2.05, 4.69) is 20.4 Å². The van der Waals surface area contributed by atoms with E-state index in [0.29, 0.717) is 11.5 Å². The number of carbonyl (C=O) groups excluding carboxylic acids is 2. The maximum atomic E-state index is 12.2. The zero-order valence-electron chi connectivity index (χ0n) is 14.1. The van der Waals surface area contributed by atoms with E-state index in [1.165, 1.54) is 11.4 Å². The molecule has 128 valence electrons. The molecule has 3 rings (SSSR count). The number of fused-ring (bicyclic) bond motifs is 1. The monoisotopic (exact) mass is 339 g/mol. The average molecular weight is 339 g/mol. The first-order valence-corrected chi connectivity index (χ1v) is 7.71. The van der Waals surface area contributed by atoms with Gasteiger partial charge in [0.2, 0.25) is 0 Å². The molecule has 0 bridgehead atoms. The van der Waals surface area contributed by atoms with Crippen molar-refractivity contribution in [2.45, 2.75) is 26.9 Å². The minimum absolute atomic E-state index is 0.141. The lowest BCUT2D eigenvalue weighted by molar-refractivity contribution is -0.123. The highest BCUT2D eigenvalue weighted by molar-refractivity contribution is 5.96. The number of para-hydroxylation sites is 1. The SMILES string of the molecule is Cc1ccccc1NC(=O)[C@@H](C)OC(=O)c1nc2nccc(C)n2n1. The first kappa shape index (κ1) is 16.6. The van der Waals surface area contributed by atoms with Gasteiger partial charge in [-0.15, -0.1) is 5.10 Å². The van der Waals surface area contributed by atoms with Crippen molar-refractivity contribution in [3.8, 4) is 0 Å². The van der Waals surface area contributed by atoms with E-state index in [1.807, 2.05) is 32.0 Å². The van der Waals surface area contributed by atoms with Crippen molar-refractivity contribution in [2.75, 3.05) is 5.32 Å². The molecule has 1 aromatic carbocycles. The van der Waals surface area contributed by atoms with Gasteiger partial charge < -0.3 is 10.1 Å². The van der Waals surface area contributed by atoms with Gasteiger partial charge in [0.25, 0.3) is 17.5 Å². The minimum atomic E-state index is -0.993. The van der Waals surface area contributed by atoms with Crippen molar-refractivity contribution in [3.63, 3.8) is 0 Å². The predicted octanol–water partition coefficient (Wildman–Crippen LogP) is 1.93. The highest BCUT2D eigenvalue weighted by Crippen LogP contribution is 2.14. The summed E-state index contributed by atoms with van der Waals surface area (Å²) in [5.41, 5.74) is 2.36. The molecule has 0 radical (unpaired) electrons. The zero-order chi connectivity index (χ0) is 18.0. The number of hydrogen-bond donors (Lipinski definition) is 1. The van der Waals surface area contributed by atoms with Gasteiger partial charge in [-0.25, -0.2) is 14.3 Å². The summed E-state index contributed by atoms with van der Waals surface area (Å²) in [6.07, 6.45) is 0.583. The molecule has 2 heterocycles. The Bertz CT molecular complexity index is 950. The summed E-state index contributed by atoms with van der Waals surface area (Å²) in [7, 11) is 0. The van der Waals surface area contributed by atoms with Crippen LogP contribution in [0.2, 0.25) is 0 Å². The topological polar surface area (TPSA) is 98.5 Å². The van der Waals surface area contributed by atoms with Crippen LogP contribution in [0.4, 0.5) is 5.69 Å². The number of amides is 1. The van der Waals surface area contributed by atoms with Crippen LogP contribution < -0.4 is 5.32 Å². The fraction of sp³-hybridized carbons (Fsp3) is 0.235. The van der Waals surface area contributed by atoms with Gasteiger partial charge in [-0.05, 0) is 38.5 Å². The van der Waals surface area contributed by atoms with E-state index in [0.717, 1.165) is 11.3 Å². The maximum absolute atomic E-state index is 12.2. The largest absolute Gasteiger partial charge is 0.447 e. The molecule has 1 amide bonds. The summed E-state index contributed by atoms with van der Waals surface area (Å²) in [5, 5.41) is 6.79. The summed E-state index contributed by atoms with van der Waals surface area (Å²) >= 11 is 0. The summed E-state index contributed by atoms with van der Waals surface area (Å²) in [6, 6.07) is 9.09. The number of aromatic nitrogens is 4. The molecular weight excluding hydrogens is 322 g/mol. The number of ether oxygens (including phenoxy) is 1. The standard InChI is InChI=1S/C17H17N5O3/c1-10-6-4-5-7-13(10)19-15(23)12(3)25-16(24)14-20-17-18-9-8-11(2)22(17)21-14/h4-9,12H,1-3H3,(H,19,23)/t12-/m1/s1. The van der Waals surface area contributed by atoms with Crippen molar-refractivity contribution in [2.24, 2.45) is 0 Å². The van der Waals surface area contributed by atoms with Gasteiger partial charge in [-0.3, -0.25) is 4.79 Å². The van der Waals surface area contributed by atoms with E-state index >= 15 is 0 Å². The van der Waals surface area contributed by atoms with Crippen LogP contribution in [0.1, 0.15) is 28.8 Å². The number of hydrogen-bond acceptors (Lipinski definition) is 6. The summed E-state index contributed by atoms with van der Waals surface area (Å²) in [4.78, 5) is 32.4. The molecular formula is C17H17N5O3. The number of carbonyl (C=O) groups is 2. The number of aryl methyl sites for hydroxylation is 2. The predicted molar refractivity (Wildman–Crippen MR) is 90.2 cm³/mol. The normalized spacial score (nSPS) is 12.0. The van der Waals surface area contributed by atoms with E-state index < -0.39 is 18.0 Å². The highest BCUT2D eigenvalue weighted by Gasteiger charge is 2.23. The van der Waals surface area contributed by atoms with Crippen LogP contribution >= 0.6 is 0 Å². The van der Waals surface area contributed by atoms with Crippen LogP contribution in [0.3, 0.4) is 0 Å². The van der Waals surface area contributed by atoms with E-state index in [-0.39, 0.29) is 5.82 Å². The average Bonchev–Trinajstić information content (AvgIpc) is 3.02. The van der Waals surface area contributed by atoms with Gasteiger partial charge >= 0.3 is 5.97 Å². The molecule has 0 aliphatic rings. The highest BCUT2D eigenvalue weighted by atomic mass is 16.5. The van der Waals surface area contributed by atoms with Gasteiger partial charge in [0.05, 0.1) is 0 Å². The Labute approximate surface area is 143 Å². The molecule has 0 fully saturated rings. The van der Waals surface area contributed by atoms with E-state index in [4.69, 9.17) is 4.74 Å². The third-order valence-electron chi connectivity index (χ3n) is 3.67. The second kappa shape index (κ2) is 6.68. The molecule has 0 unspecified atom stereocenters. The number of esters is 1. The van der Waals surface area contributed by atoms with Crippen molar-refractivity contribution in [1.29, 1.82) is 0 Å². The van der Waals surface area contributed by atoms with Gasteiger partial charge in [-0.1, -0.05) is 18.2 Å². The molecule has 8 heteroatoms. The number of nitrogens with zero attached hydrogens (tertiary/aromatic N) is 4. The third kappa shape index (κ3) is 3.47. The molecule has 0 saturated heterocycles. The fourth-order valence-corrected chi connectivity index (χ4v) is 2.21. The van der Waals surface area contributed by atoms with Crippen molar-refractivity contribution in [1.82, 2.24) is 19.6 Å². The van der Waals surface area contributed by atoms with Crippen molar-refractivity contribution in [3.05, 3.63) is 53.6 Å². The molecule has 1 atom stereocenters. The van der Waals surface area contributed by atoms with Crippen LogP contribution in [0.15, 0.2) is 36.5 Å². The molecule has 0 aliphatic carbocycles. The molecule has 3 aromatic rings. The van der Waals surface area contributed by atoms with E-state index in [9.17, 15) is 9.59 Å². The molecule has 25 heavy (non-hydrogen) atoms. The van der Waals surface area contributed by atoms with Gasteiger partial charge in [-0.2, -0.15) is 4.98 Å². The Balaban J connectivity index is 1.70. The Morgan fingerprint density at radius 3 is 2.68 bits per heavy atom. The Morgan fingerprint density at radius 1 is 1.20 bits per heavy atom. The molecule has 1 N–H and O–H groups in total. The Morgan fingerprint density at radius 2 is 1.96 bits per heavy atom. The van der Waals surface area contributed by atoms with E-state index in [1.54, 1.807) is 18.3 Å². The zero-order valence-corrected chi connectivity index (χ0v) is 14.1. The summed E-state index contributed by atoms with van der Waals surface area (Å²) < 4.78 is 6.60. The van der Waals surface area contributed by atoms with Crippen LogP contribution in [-0.2, 0) is 9.53 Å². The quantitative estimate of drug-likeness (QED) is 0.729. The molecule has 0 aliphatic heterocycles.